The van der Waals surface area contributed by atoms with Crippen LogP contribution in [-0.4, -0.2) is 16.7 Å². The Balaban J connectivity index is 2.20. The summed E-state index contributed by atoms with van der Waals surface area (Å²) < 4.78 is 5.93. The van der Waals surface area contributed by atoms with Gasteiger partial charge in [0.15, 0.2) is 0 Å². The first kappa shape index (κ1) is 13.2. The third kappa shape index (κ3) is 2.61. The van der Waals surface area contributed by atoms with Crippen LogP contribution in [0.1, 0.15) is 36.8 Å². The van der Waals surface area contributed by atoms with Crippen LogP contribution in [0.3, 0.4) is 0 Å². The van der Waals surface area contributed by atoms with E-state index in [0.717, 1.165) is 41.2 Å². The van der Waals surface area contributed by atoms with Crippen molar-refractivity contribution in [3.05, 3.63) is 28.3 Å². The number of aryl methyl sites for hydroxylation is 2. The van der Waals surface area contributed by atoms with Gasteiger partial charge in [0, 0.05) is 5.02 Å². The summed E-state index contributed by atoms with van der Waals surface area (Å²) in [5.41, 5.74) is 1.39. The lowest BCUT2D eigenvalue weighted by Gasteiger charge is -2.41. The molecule has 0 unspecified atom stereocenters. The van der Waals surface area contributed by atoms with Gasteiger partial charge >= 0.3 is 5.97 Å². The number of hydrogen-bond acceptors (Lipinski definition) is 2. The largest absolute Gasteiger partial charge is 0.487 e. The molecule has 1 saturated carbocycles. The molecule has 1 fully saturated rings. The number of carbonyl (C=O) groups is 1. The Hall–Kier alpha value is -1.22. The molecule has 1 N–H and O–H groups in total. The number of carboxylic acid groups (broad SMARTS) is 1. The van der Waals surface area contributed by atoms with Crippen molar-refractivity contribution in [3.8, 4) is 5.75 Å². The zero-order valence-electron chi connectivity index (χ0n) is 10.6. The van der Waals surface area contributed by atoms with Gasteiger partial charge in [0.2, 0.25) is 0 Å². The van der Waals surface area contributed by atoms with E-state index in [0.29, 0.717) is 0 Å². The molecule has 2 rings (SSSR count). The van der Waals surface area contributed by atoms with E-state index in [9.17, 15) is 4.79 Å². The quantitative estimate of drug-likeness (QED) is 0.905. The molecule has 1 aliphatic rings. The van der Waals surface area contributed by atoms with Crippen LogP contribution in [0.4, 0.5) is 0 Å². The minimum Gasteiger partial charge on any atom is -0.487 e. The molecule has 0 radical (unpaired) electrons. The highest BCUT2D eigenvalue weighted by Crippen LogP contribution is 2.40. The maximum Gasteiger partial charge on any atom is 0.307 e. The van der Waals surface area contributed by atoms with E-state index >= 15 is 0 Å². The van der Waals surface area contributed by atoms with Gasteiger partial charge in [-0.15, -0.1) is 0 Å². The molecule has 0 aromatic heterocycles. The lowest BCUT2D eigenvalue weighted by Crippen LogP contribution is -2.45. The average molecular weight is 269 g/mol. The SMILES string of the molecule is Cc1cc(OC2(CC(=O)O)CCC2)cc(C)c1Cl. The Morgan fingerprint density at radius 2 is 1.94 bits per heavy atom. The van der Waals surface area contributed by atoms with Crippen molar-refractivity contribution in [1.29, 1.82) is 0 Å². The van der Waals surface area contributed by atoms with Gasteiger partial charge in [-0.2, -0.15) is 0 Å². The highest BCUT2D eigenvalue weighted by molar-refractivity contribution is 6.32. The van der Waals surface area contributed by atoms with Crippen molar-refractivity contribution < 1.29 is 14.6 Å². The second-order valence-electron chi connectivity index (χ2n) is 5.08. The monoisotopic (exact) mass is 268 g/mol. The average Bonchev–Trinajstić information content (AvgIpc) is 2.22. The second-order valence-corrected chi connectivity index (χ2v) is 5.46. The third-order valence-corrected chi connectivity index (χ3v) is 4.08. The van der Waals surface area contributed by atoms with Crippen LogP contribution >= 0.6 is 11.6 Å². The molecule has 1 aromatic rings. The Morgan fingerprint density at radius 1 is 1.39 bits per heavy atom. The predicted molar refractivity (Wildman–Crippen MR) is 70.4 cm³/mol. The first-order valence-corrected chi connectivity index (χ1v) is 6.47. The van der Waals surface area contributed by atoms with Gasteiger partial charge < -0.3 is 9.84 Å². The van der Waals surface area contributed by atoms with Crippen molar-refractivity contribution in [2.75, 3.05) is 0 Å². The number of hydrogen-bond donors (Lipinski definition) is 1. The summed E-state index contributed by atoms with van der Waals surface area (Å²) in [5, 5.41) is 9.68. The number of carboxylic acids is 1. The van der Waals surface area contributed by atoms with Crippen LogP contribution < -0.4 is 4.74 Å². The molecule has 18 heavy (non-hydrogen) atoms. The van der Waals surface area contributed by atoms with Gasteiger partial charge in [-0.25, -0.2) is 0 Å². The molecule has 0 amide bonds. The number of benzene rings is 1. The number of ether oxygens (including phenoxy) is 1. The van der Waals surface area contributed by atoms with Gasteiger partial charge in [-0.1, -0.05) is 11.6 Å². The summed E-state index contributed by atoms with van der Waals surface area (Å²) in [6.45, 7) is 3.85. The molecule has 1 aromatic carbocycles. The van der Waals surface area contributed by atoms with Gasteiger partial charge in [0.1, 0.15) is 11.4 Å². The zero-order chi connectivity index (χ0) is 13.3. The molecule has 0 saturated heterocycles. The van der Waals surface area contributed by atoms with E-state index in [1.807, 2.05) is 26.0 Å². The molecule has 3 nitrogen and oxygen atoms in total. The minimum absolute atomic E-state index is 0.0632. The Kier molecular flexibility index (Phi) is 3.53. The lowest BCUT2D eigenvalue weighted by atomic mass is 9.77. The van der Waals surface area contributed by atoms with Crippen molar-refractivity contribution in [2.45, 2.75) is 45.1 Å². The van der Waals surface area contributed by atoms with Crippen molar-refractivity contribution >= 4 is 17.6 Å². The fraction of sp³-hybridized carbons (Fsp3) is 0.500. The summed E-state index contributed by atoms with van der Waals surface area (Å²) >= 11 is 6.10. The minimum atomic E-state index is -0.808. The van der Waals surface area contributed by atoms with Crippen LogP contribution in [0.15, 0.2) is 12.1 Å². The maximum atomic E-state index is 10.9. The van der Waals surface area contributed by atoms with Gasteiger partial charge in [0.25, 0.3) is 0 Å². The molecule has 1 aliphatic carbocycles. The van der Waals surface area contributed by atoms with Crippen LogP contribution in [0, 0.1) is 13.8 Å². The Labute approximate surface area is 112 Å². The summed E-state index contributed by atoms with van der Waals surface area (Å²) in [6, 6.07) is 3.74. The number of rotatable bonds is 4. The third-order valence-electron chi connectivity index (χ3n) is 3.48. The molecule has 98 valence electrons. The molecule has 0 heterocycles. The maximum absolute atomic E-state index is 10.9. The fourth-order valence-corrected chi connectivity index (χ4v) is 2.49. The first-order valence-electron chi connectivity index (χ1n) is 6.09. The molecule has 0 atom stereocenters. The predicted octanol–water partition coefficient (Wildman–Crippen LogP) is 3.73. The van der Waals surface area contributed by atoms with E-state index < -0.39 is 11.6 Å². The summed E-state index contributed by atoms with van der Waals surface area (Å²) in [5.74, 6) is -0.0903. The van der Waals surface area contributed by atoms with Crippen molar-refractivity contribution in [3.63, 3.8) is 0 Å². The number of halogens is 1. The van der Waals surface area contributed by atoms with Crippen LogP contribution in [0.2, 0.25) is 5.02 Å². The molecular weight excluding hydrogens is 252 g/mol. The molecule has 4 heteroatoms. The lowest BCUT2D eigenvalue weighted by molar-refractivity contribution is -0.144. The first-order chi connectivity index (χ1) is 8.42. The normalized spacial score (nSPS) is 17.1. The molecular formula is C14H17ClO3. The van der Waals surface area contributed by atoms with Crippen molar-refractivity contribution in [1.82, 2.24) is 0 Å². The van der Waals surface area contributed by atoms with E-state index in [-0.39, 0.29) is 6.42 Å². The summed E-state index contributed by atoms with van der Waals surface area (Å²) in [7, 11) is 0. The van der Waals surface area contributed by atoms with Gasteiger partial charge in [0.05, 0.1) is 6.42 Å². The molecule has 0 spiro atoms. The highest BCUT2D eigenvalue weighted by Gasteiger charge is 2.41. The molecule has 0 aliphatic heterocycles. The van der Waals surface area contributed by atoms with E-state index in [2.05, 4.69) is 0 Å². The topological polar surface area (TPSA) is 46.5 Å². The Bertz CT molecular complexity index is 455. The summed E-state index contributed by atoms with van der Waals surface area (Å²) in [4.78, 5) is 10.9. The van der Waals surface area contributed by atoms with Crippen LogP contribution in [0.5, 0.6) is 5.75 Å². The van der Waals surface area contributed by atoms with E-state index in [1.165, 1.54) is 0 Å². The Morgan fingerprint density at radius 3 is 2.33 bits per heavy atom. The van der Waals surface area contributed by atoms with E-state index in [4.69, 9.17) is 21.4 Å². The van der Waals surface area contributed by atoms with E-state index in [1.54, 1.807) is 0 Å². The zero-order valence-corrected chi connectivity index (χ0v) is 11.4. The van der Waals surface area contributed by atoms with Crippen LogP contribution in [-0.2, 0) is 4.79 Å². The van der Waals surface area contributed by atoms with Gasteiger partial charge in [-0.3, -0.25) is 4.79 Å². The number of aliphatic carboxylic acids is 1. The molecule has 0 bridgehead atoms. The van der Waals surface area contributed by atoms with Crippen LogP contribution in [0.25, 0.3) is 0 Å². The summed E-state index contributed by atoms with van der Waals surface area (Å²) in [6.07, 6.45) is 2.70. The van der Waals surface area contributed by atoms with Crippen molar-refractivity contribution in [2.24, 2.45) is 0 Å². The standard InChI is InChI=1S/C14H17ClO3/c1-9-6-11(7-10(2)13(9)15)18-14(4-3-5-14)8-12(16)17/h6-7H,3-5,8H2,1-2H3,(H,16,17). The van der Waals surface area contributed by atoms with Gasteiger partial charge in [-0.05, 0) is 56.4 Å². The fourth-order valence-electron chi connectivity index (χ4n) is 2.38. The smallest absolute Gasteiger partial charge is 0.307 e. The highest BCUT2D eigenvalue weighted by atomic mass is 35.5. The second kappa shape index (κ2) is 4.81.